The third-order valence-corrected chi connectivity index (χ3v) is 3.23. The molecule has 0 spiro atoms. The van der Waals surface area contributed by atoms with Crippen LogP contribution in [-0.2, 0) is 27.8 Å². The van der Waals surface area contributed by atoms with E-state index in [-0.39, 0.29) is 6.54 Å². The first kappa shape index (κ1) is 16.6. The minimum atomic E-state index is -3.41. The zero-order chi connectivity index (χ0) is 15.3. The fourth-order valence-corrected chi connectivity index (χ4v) is 2.40. The van der Waals surface area contributed by atoms with Gasteiger partial charge >= 0.3 is 0 Å². The maximum absolute atomic E-state index is 11.7. The average molecular weight is 303 g/mol. The lowest BCUT2D eigenvalue weighted by molar-refractivity contribution is -0.122. The number of aromatic nitrogens is 1. The van der Waals surface area contributed by atoms with Crippen molar-refractivity contribution in [3.05, 3.63) is 17.5 Å². The molecule has 0 saturated carbocycles. The van der Waals surface area contributed by atoms with Crippen molar-refractivity contribution >= 4 is 15.9 Å². The Morgan fingerprint density at radius 2 is 2.05 bits per heavy atom. The molecule has 0 bridgehead atoms. The van der Waals surface area contributed by atoms with Crippen molar-refractivity contribution < 1.29 is 17.7 Å². The van der Waals surface area contributed by atoms with Crippen LogP contribution in [0.15, 0.2) is 10.6 Å². The first-order valence-corrected chi connectivity index (χ1v) is 8.26. The smallest absolute Gasteiger partial charge is 0.238 e. The Balaban J connectivity index is 2.46. The van der Waals surface area contributed by atoms with Crippen molar-refractivity contribution in [2.45, 2.75) is 39.8 Å². The first-order valence-electron chi connectivity index (χ1n) is 6.37. The summed E-state index contributed by atoms with van der Waals surface area (Å²) in [5.41, 5.74) is 0.839. The summed E-state index contributed by atoms with van der Waals surface area (Å²) >= 11 is 0. The fraction of sp³-hybridized carbons (Fsp3) is 0.667. The van der Waals surface area contributed by atoms with Crippen molar-refractivity contribution in [1.82, 2.24) is 15.2 Å². The molecule has 0 radical (unpaired) electrons. The van der Waals surface area contributed by atoms with Gasteiger partial charge < -0.3 is 9.84 Å². The van der Waals surface area contributed by atoms with Crippen LogP contribution in [0.25, 0.3) is 0 Å². The maximum atomic E-state index is 11.7. The Morgan fingerprint density at radius 1 is 1.40 bits per heavy atom. The van der Waals surface area contributed by atoms with Gasteiger partial charge in [0.1, 0.15) is 0 Å². The molecular weight excluding hydrogens is 282 g/mol. The molecule has 2 N–H and O–H groups in total. The highest BCUT2D eigenvalue weighted by molar-refractivity contribution is 7.88. The number of hydrogen-bond donors (Lipinski definition) is 2. The minimum Gasteiger partial charge on any atom is -0.359 e. The van der Waals surface area contributed by atoms with Crippen LogP contribution in [0.3, 0.4) is 0 Å². The molecule has 114 valence electrons. The largest absolute Gasteiger partial charge is 0.359 e. The van der Waals surface area contributed by atoms with E-state index in [0.717, 1.165) is 18.4 Å². The highest BCUT2D eigenvalue weighted by atomic mass is 32.2. The number of hydrogen-bond acceptors (Lipinski definition) is 5. The molecule has 0 aliphatic carbocycles. The molecule has 1 rings (SSSR count). The highest BCUT2D eigenvalue weighted by Gasteiger charge is 2.17. The number of carbonyl (C=O) groups is 1. The number of rotatable bonds is 7. The quantitative estimate of drug-likeness (QED) is 0.760. The zero-order valence-electron chi connectivity index (χ0n) is 12.1. The lowest BCUT2D eigenvalue weighted by Crippen LogP contribution is -2.44. The molecule has 1 atom stereocenters. The predicted molar refractivity (Wildman–Crippen MR) is 74.3 cm³/mol. The standard InChI is InChI=1S/C12H21N3O4S/c1-8(2)5-10-6-11(19-14-10)7-13-12(16)9(3)15-20(4,17)18/h6,8-9,15H,5,7H2,1-4H3,(H,13,16). The monoisotopic (exact) mass is 303 g/mol. The summed E-state index contributed by atoms with van der Waals surface area (Å²) in [4.78, 5) is 11.7. The van der Waals surface area contributed by atoms with Gasteiger partial charge in [-0.25, -0.2) is 13.1 Å². The molecule has 20 heavy (non-hydrogen) atoms. The molecule has 1 aromatic heterocycles. The lowest BCUT2D eigenvalue weighted by Gasteiger charge is -2.11. The number of nitrogens with zero attached hydrogens (tertiary/aromatic N) is 1. The van der Waals surface area contributed by atoms with Gasteiger partial charge in [0.25, 0.3) is 0 Å². The maximum Gasteiger partial charge on any atom is 0.238 e. The number of amides is 1. The van der Waals surface area contributed by atoms with Gasteiger partial charge in [-0.3, -0.25) is 4.79 Å². The zero-order valence-corrected chi connectivity index (χ0v) is 13.0. The molecule has 1 amide bonds. The molecule has 0 saturated heterocycles. The number of sulfonamides is 1. The molecule has 0 fully saturated rings. The second-order valence-corrected chi connectivity index (χ2v) is 6.99. The average Bonchev–Trinajstić information content (AvgIpc) is 2.70. The molecule has 8 heteroatoms. The van der Waals surface area contributed by atoms with E-state index in [2.05, 4.69) is 29.0 Å². The van der Waals surface area contributed by atoms with Gasteiger partial charge in [-0.15, -0.1) is 0 Å². The van der Waals surface area contributed by atoms with E-state index in [1.807, 2.05) is 0 Å². The van der Waals surface area contributed by atoms with Crippen molar-refractivity contribution in [2.24, 2.45) is 5.92 Å². The van der Waals surface area contributed by atoms with Crippen LogP contribution in [0.4, 0.5) is 0 Å². The Morgan fingerprint density at radius 3 is 2.60 bits per heavy atom. The highest BCUT2D eigenvalue weighted by Crippen LogP contribution is 2.08. The van der Waals surface area contributed by atoms with Crippen molar-refractivity contribution in [3.63, 3.8) is 0 Å². The van der Waals surface area contributed by atoms with E-state index in [0.29, 0.717) is 11.7 Å². The lowest BCUT2D eigenvalue weighted by atomic mass is 10.1. The molecule has 0 aromatic carbocycles. The van der Waals surface area contributed by atoms with E-state index in [1.165, 1.54) is 6.92 Å². The van der Waals surface area contributed by atoms with Gasteiger partial charge in [0, 0.05) is 6.07 Å². The summed E-state index contributed by atoms with van der Waals surface area (Å²) in [5, 5.41) is 6.49. The van der Waals surface area contributed by atoms with Crippen LogP contribution in [0.2, 0.25) is 0 Å². The second kappa shape index (κ2) is 6.85. The summed E-state index contributed by atoms with van der Waals surface area (Å²) in [6.45, 7) is 5.81. The Hall–Kier alpha value is -1.41. The van der Waals surface area contributed by atoms with E-state index in [4.69, 9.17) is 4.52 Å². The number of carbonyl (C=O) groups excluding carboxylic acids is 1. The molecule has 7 nitrogen and oxygen atoms in total. The van der Waals surface area contributed by atoms with E-state index in [1.54, 1.807) is 6.07 Å². The third-order valence-electron chi connectivity index (χ3n) is 2.45. The SMILES string of the molecule is CC(C)Cc1cc(CNC(=O)C(C)NS(C)(=O)=O)on1. The molecular formula is C12H21N3O4S. The topological polar surface area (TPSA) is 101 Å². The third kappa shape index (κ3) is 6.16. The summed E-state index contributed by atoms with van der Waals surface area (Å²) in [7, 11) is -3.41. The summed E-state index contributed by atoms with van der Waals surface area (Å²) in [5.74, 6) is 0.597. The molecule has 0 aliphatic rings. The van der Waals surface area contributed by atoms with Crippen LogP contribution < -0.4 is 10.0 Å². The van der Waals surface area contributed by atoms with E-state index < -0.39 is 22.0 Å². The van der Waals surface area contributed by atoms with Crippen molar-refractivity contribution in [3.8, 4) is 0 Å². The number of nitrogens with one attached hydrogen (secondary N) is 2. The van der Waals surface area contributed by atoms with Crippen LogP contribution >= 0.6 is 0 Å². The summed E-state index contributed by atoms with van der Waals surface area (Å²) < 4.78 is 29.3. The Labute approximate surface area is 119 Å². The predicted octanol–water partition coefficient (Wildman–Crippen LogP) is 0.427. The van der Waals surface area contributed by atoms with Crippen LogP contribution in [0.5, 0.6) is 0 Å². The fourth-order valence-electron chi connectivity index (χ4n) is 1.66. The summed E-state index contributed by atoms with van der Waals surface area (Å²) in [6.07, 6.45) is 1.81. The second-order valence-electron chi connectivity index (χ2n) is 5.21. The normalized spacial score (nSPS) is 13.4. The van der Waals surface area contributed by atoms with Crippen LogP contribution in [-0.4, -0.2) is 31.8 Å². The molecule has 1 aromatic rings. The van der Waals surface area contributed by atoms with E-state index in [9.17, 15) is 13.2 Å². The van der Waals surface area contributed by atoms with Gasteiger partial charge in [0.15, 0.2) is 5.76 Å². The molecule has 1 unspecified atom stereocenters. The van der Waals surface area contributed by atoms with Crippen molar-refractivity contribution in [1.29, 1.82) is 0 Å². The van der Waals surface area contributed by atoms with Gasteiger partial charge in [-0.05, 0) is 19.3 Å². The van der Waals surface area contributed by atoms with Crippen LogP contribution in [0.1, 0.15) is 32.2 Å². The molecule has 1 heterocycles. The van der Waals surface area contributed by atoms with Crippen LogP contribution in [0, 0.1) is 5.92 Å². The minimum absolute atomic E-state index is 0.180. The first-order chi connectivity index (χ1) is 9.17. The summed E-state index contributed by atoms with van der Waals surface area (Å²) in [6, 6.07) is 0.956. The van der Waals surface area contributed by atoms with Gasteiger partial charge in [0.05, 0.1) is 24.5 Å². The Kier molecular flexibility index (Phi) is 5.70. The Bertz CT molecular complexity index is 551. The van der Waals surface area contributed by atoms with E-state index >= 15 is 0 Å². The van der Waals surface area contributed by atoms with Crippen molar-refractivity contribution in [2.75, 3.05) is 6.26 Å². The van der Waals surface area contributed by atoms with Gasteiger partial charge in [-0.2, -0.15) is 0 Å². The van der Waals surface area contributed by atoms with Gasteiger partial charge in [0.2, 0.25) is 15.9 Å². The van der Waals surface area contributed by atoms with Gasteiger partial charge in [-0.1, -0.05) is 19.0 Å². The molecule has 0 aliphatic heterocycles.